The van der Waals surface area contributed by atoms with E-state index in [9.17, 15) is 9.00 Å². The summed E-state index contributed by atoms with van der Waals surface area (Å²) < 4.78 is 11.5. The van der Waals surface area contributed by atoms with E-state index in [4.69, 9.17) is 0 Å². The van der Waals surface area contributed by atoms with Crippen LogP contribution in [0, 0.1) is 0 Å². The van der Waals surface area contributed by atoms with Gasteiger partial charge in [-0.1, -0.05) is 37.3 Å². The molecule has 0 spiro atoms. The van der Waals surface area contributed by atoms with E-state index in [2.05, 4.69) is 5.32 Å². The average Bonchev–Trinajstić information content (AvgIpc) is 2.78. The molecule has 1 heterocycles. The van der Waals surface area contributed by atoms with Crippen molar-refractivity contribution in [1.82, 2.24) is 10.2 Å². The first-order valence-corrected chi connectivity index (χ1v) is 7.64. The standard InChI is InChI=1S/C13H18N2O2S/c1-2-18(17)9-8-15-12(16)10-14-13(15)11-6-4-3-5-7-11/h3-7,13-14H,2,8-10H2,1H3. The maximum absolute atomic E-state index is 11.8. The monoisotopic (exact) mass is 266 g/mol. The number of rotatable bonds is 5. The van der Waals surface area contributed by atoms with E-state index in [1.54, 1.807) is 4.90 Å². The van der Waals surface area contributed by atoms with E-state index in [0.717, 1.165) is 5.56 Å². The molecule has 0 bridgehead atoms. The van der Waals surface area contributed by atoms with Gasteiger partial charge >= 0.3 is 0 Å². The van der Waals surface area contributed by atoms with Gasteiger partial charge in [-0.3, -0.25) is 14.3 Å². The quantitative estimate of drug-likeness (QED) is 0.861. The van der Waals surface area contributed by atoms with Crippen LogP contribution in [0.1, 0.15) is 18.7 Å². The van der Waals surface area contributed by atoms with Crippen LogP contribution >= 0.6 is 0 Å². The van der Waals surface area contributed by atoms with Crippen LogP contribution in [0.3, 0.4) is 0 Å². The first-order chi connectivity index (χ1) is 8.72. The number of carbonyl (C=O) groups excluding carboxylic acids is 1. The van der Waals surface area contributed by atoms with E-state index in [1.807, 2.05) is 37.3 Å². The lowest BCUT2D eigenvalue weighted by Gasteiger charge is -2.24. The van der Waals surface area contributed by atoms with Crippen molar-refractivity contribution < 1.29 is 9.00 Å². The van der Waals surface area contributed by atoms with Gasteiger partial charge in [-0.15, -0.1) is 0 Å². The molecule has 2 atom stereocenters. The third-order valence-corrected chi connectivity index (χ3v) is 4.36. The van der Waals surface area contributed by atoms with Crippen molar-refractivity contribution >= 4 is 16.7 Å². The van der Waals surface area contributed by atoms with Crippen molar-refractivity contribution in [3.63, 3.8) is 0 Å². The highest BCUT2D eigenvalue weighted by Gasteiger charge is 2.31. The molecule has 4 nitrogen and oxygen atoms in total. The Balaban J connectivity index is 2.06. The summed E-state index contributed by atoms with van der Waals surface area (Å²) in [6.07, 6.45) is -0.0763. The Hall–Kier alpha value is -1.20. The van der Waals surface area contributed by atoms with E-state index in [-0.39, 0.29) is 12.1 Å². The van der Waals surface area contributed by atoms with Gasteiger partial charge < -0.3 is 4.90 Å². The molecule has 1 aliphatic rings. The Morgan fingerprint density at radius 1 is 1.39 bits per heavy atom. The molecule has 0 aromatic heterocycles. The van der Waals surface area contributed by atoms with Crippen molar-refractivity contribution in [2.45, 2.75) is 13.1 Å². The summed E-state index contributed by atoms with van der Waals surface area (Å²) >= 11 is 0. The molecule has 2 unspecified atom stereocenters. The Bertz CT molecular complexity index is 436. The number of nitrogens with zero attached hydrogens (tertiary/aromatic N) is 1. The van der Waals surface area contributed by atoms with Gasteiger partial charge in [-0.25, -0.2) is 0 Å². The van der Waals surface area contributed by atoms with Crippen molar-refractivity contribution in [1.29, 1.82) is 0 Å². The second-order valence-electron chi connectivity index (χ2n) is 4.21. The third kappa shape index (κ3) is 2.97. The fraction of sp³-hybridized carbons (Fsp3) is 0.462. The van der Waals surface area contributed by atoms with Crippen LogP contribution in [-0.4, -0.2) is 39.6 Å². The Kier molecular flexibility index (Phi) is 4.49. The summed E-state index contributed by atoms with van der Waals surface area (Å²) in [7, 11) is -0.831. The maximum atomic E-state index is 11.8. The van der Waals surface area contributed by atoms with Crippen molar-refractivity contribution in [3.8, 4) is 0 Å². The van der Waals surface area contributed by atoms with Gasteiger partial charge in [0.15, 0.2) is 0 Å². The van der Waals surface area contributed by atoms with Gasteiger partial charge in [0.2, 0.25) is 5.91 Å². The topological polar surface area (TPSA) is 49.4 Å². The normalized spacial score (nSPS) is 21.3. The zero-order valence-corrected chi connectivity index (χ0v) is 11.3. The maximum Gasteiger partial charge on any atom is 0.238 e. The fourth-order valence-corrected chi connectivity index (χ4v) is 2.76. The number of benzene rings is 1. The lowest BCUT2D eigenvalue weighted by atomic mass is 10.1. The van der Waals surface area contributed by atoms with Gasteiger partial charge in [0, 0.05) is 28.9 Å². The van der Waals surface area contributed by atoms with E-state index in [1.165, 1.54) is 0 Å². The summed E-state index contributed by atoms with van der Waals surface area (Å²) in [5, 5.41) is 3.19. The highest BCUT2D eigenvalue weighted by atomic mass is 32.2. The molecule has 0 radical (unpaired) electrons. The average molecular weight is 266 g/mol. The third-order valence-electron chi connectivity index (χ3n) is 3.08. The number of hydrogen-bond acceptors (Lipinski definition) is 3. The van der Waals surface area contributed by atoms with Crippen molar-refractivity contribution in [3.05, 3.63) is 35.9 Å². The molecular weight excluding hydrogens is 248 g/mol. The predicted octanol–water partition coefficient (Wildman–Crippen LogP) is 0.886. The summed E-state index contributed by atoms with van der Waals surface area (Å²) in [6.45, 7) is 2.80. The first-order valence-electron chi connectivity index (χ1n) is 6.15. The number of carbonyl (C=O) groups is 1. The molecule has 1 saturated heterocycles. The Morgan fingerprint density at radius 2 is 2.11 bits per heavy atom. The molecule has 2 rings (SSSR count). The summed E-state index contributed by atoms with van der Waals surface area (Å²) in [4.78, 5) is 13.6. The van der Waals surface area contributed by atoms with E-state index >= 15 is 0 Å². The van der Waals surface area contributed by atoms with Crippen LogP contribution in [0.15, 0.2) is 30.3 Å². The number of nitrogens with one attached hydrogen (secondary N) is 1. The second kappa shape index (κ2) is 6.11. The fourth-order valence-electron chi connectivity index (χ4n) is 2.07. The molecule has 1 aliphatic heterocycles. The lowest BCUT2D eigenvalue weighted by Crippen LogP contribution is -2.33. The lowest BCUT2D eigenvalue weighted by molar-refractivity contribution is -0.127. The molecule has 18 heavy (non-hydrogen) atoms. The zero-order valence-electron chi connectivity index (χ0n) is 10.5. The predicted molar refractivity (Wildman–Crippen MR) is 72.4 cm³/mol. The van der Waals surface area contributed by atoms with Crippen LogP contribution in [0.4, 0.5) is 0 Å². The van der Waals surface area contributed by atoms with Gasteiger partial charge in [0.05, 0.1) is 6.54 Å². The minimum atomic E-state index is -0.831. The highest BCUT2D eigenvalue weighted by molar-refractivity contribution is 7.84. The summed E-state index contributed by atoms with van der Waals surface area (Å²) in [6, 6.07) is 9.88. The zero-order chi connectivity index (χ0) is 13.0. The van der Waals surface area contributed by atoms with Crippen LogP contribution in [0.5, 0.6) is 0 Å². The molecular formula is C13H18N2O2S. The van der Waals surface area contributed by atoms with Crippen LogP contribution in [0.2, 0.25) is 0 Å². The number of hydrogen-bond donors (Lipinski definition) is 1. The molecule has 1 aromatic rings. The molecule has 1 aromatic carbocycles. The molecule has 0 aliphatic carbocycles. The molecule has 98 valence electrons. The minimum Gasteiger partial charge on any atom is -0.321 e. The van der Waals surface area contributed by atoms with Crippen LogP contribution < -0.4 is 5.32 Å². The van der Waals surface area contributed by atoms with Gasteiger partial charge in [0.1, 0.15) is 6.17 Å². The Morgan fingerprint density at radius 3 is 2.78 bits per heavy atom. The van der Waals surface area contributed by atoms with Crippen LogP contribution in [0.25, 0.3) is 0 Å². The smallest absolute Gasteiger partial charge is 0.238 e. The SMILES string of the molecule is CCS(=O)CCN1C(=O)CNC1c1ccccc1. The molecule has 5 heteroatoms. The summed E-state index contributed by atoms with van der Waals surface area (Å²) in [5.74, 6) is 1.27. The largest absolute Gasteiger partial charge is 0.321 e. The van der Waals surface area contributed by atoms with Gasteiger partial charge in [-0.2, -0.15) is 0 Å². The number of amides is 1. The van der Waals surface area contributed by atoms with E-state index < -0.39 is 10.8 Å². The van der Waals surface area contributed by atoms with E-state index in [0.29, 0.717) is 24.6 Å². The summed E-state index contributed by atoms with van der Waals surface area (Å²) in [5.41, 5.74) is 1.07. The van der Waals surface area contributed by atoms with Crippen molar-refractivity contribution in [2.24, 2.45) is 0 Å². The second-order valence-corrected chi connectivity index (χ2v) is 6.08. The van der Waals surface area contributed by atoms with Crippen LogP contribution in [-0.2, 0) is 15.6 Å². The molecule has 1 amide bonds. The van der Waals surface area contributed by atoms with Gasteiger partial charge in [0.25, 0.3) is 0 Å². The highest BCUT2D eigenvalue weighted by Crippen LogP contribution is 2.21. The van der Waals surface area contributed by atoms with Gasteiger partial charge in [-0.05, 0) is 5.56 Å². The van der Waals surface area contributed by atoms with Crippen molar-refractivity contribution in [2.75, 3.05) is 24.6 Å². The molecule has 0 saturated carbocycles. The molecule has 1 fully saturated rings. The molecule has 1 N–H and O–H groups in total. The first kappa shape index (κ1) is 13.2. The minimum absolute atomic E-state index is 0.0763. The Labute approximate surface area is 110 Å².